The second-order valence-electron chi connectivity index (χ2n) is 3.92. The van der Waals surface area contributed by atoms with Crippen LogP contribution in [0.4, 0.5) is 8.78 Å². The van der Waals surface area contributed by atoms with E-state index in [9.17, 15) is 13.6 Å². The molecule has 1 aromatic heterocycles. The molecule has 0 saturated carbocycles. The van der Waals surface area contributed by atoms with Crippen LogP contribution in [0, 0.1) is 0 Å². The number of carbonyl (C=O) groups excluding carboxylic acids is 1. The monoisotopic (exact) mass is 258 g/mol. The minimum Gasteiger partial charge on any atom is -0.485 e. The summed E-state index contributed by atoms with van der Waals surface area (Å²) in [5.74, 6) is -0.394. The molecule has 0 aromatic carbocycles. The van der Waals surface area contributed by atoms with E-state index in [-0.39, 0.29) is 24.5 Å². The number of likely N-dealkylation sites (tertiary alicyclic amines) is 1. The Morgan fingerprint density at radius 1 is 1.61 bits per heavy atom. The van der Waals surface area contributed by atoms with Crippen molar-refractivity contribution in [2.75, 3.05) is 19.7 Å². The first-order valence-corrected chi connectivity index (χ1v) is 5.41. The first kappa shape index (κ1) is 12.7. The molecule has 18 heavy (non-hydrogen) atoms. The standard InChI is InChI=1S/C11H12F2N2O3/c12-9(13)6-18-8-2-1-3-14-10(8)11(17)15-4-7(16)5-15/h1-3,7,9,16H,4-6H2. The van der Waals surface area contributed by atoms with E-state index in [2.05, 4.69) is 4.98 Å². The maximum absolute atomic E-state index is 12.1. The van der Waals surface area contributed by atoms with E-state index in [1.54, 1.807) is 0 Å². The summed E-state index contributed by atoms with van der Waals surface area (Å²) < 4.78 is 29.0. The molecular formula is C11H12F2N2O3. The van der Waals surface area contributed by atoms with Gasteiger partial charge in [-0.25, -0.2) is 13.8 Å². The molecule has 2 rings (SSSR count). The Morgan fingerprint density at radius 2 is 2.33 bits per heavy atom. The van der Waals surface area contributed by atoms with Gasteiger partial charge in [0.15, 0.2) is 11.4 Å². The number of nitrogens with zero attached hydrogens (tertiary/aromatic N) is 2. The minimum absolute atomic E-state index is 0.00921. The largest absolute Gasteiger partial charge is 0.485 e. The molecule has 0 radical (unpaired) electrons. The van der Waals surface area contributed by atoms with Gasteiger partial charge in [-0.3, -0.25) is 4.79 Å². The fourth-order valence-electron chi connectivity index (χ4n) is 1.59. The smallest absolute Gasteiger partial charge is 0.276 e. The third-order valence-corrected chi connectivity index (χ3v) is 2.49. The molecule has 0 atom stereocenters. The summed E-state index contributed by atoms with van der Waals surface area (Å²) in [5, 5.41) is 9.11. The predicted molar refractivity (Wildman–Crippen MR) is 57.6 cm³/mol. The topological polar surface area (TPSA) is 62.7 Å². The van der Waals surface area contributed by atoms with Crippen LogP contribution in [-0.4, -0.2) is 53.1 Å². The van der Waals surface area contributed by atoms with Crippen LogP contribution in [0.3, 0.4) is 0 Å². The molecule has 0 unspecified atom stereocenters. The number of aromatic nitrogens is 1. The van der Waals surface area contributed by atoms with Crippen LogP contribution < -0.4 is 4.74 Å². The molecule has 1 aliphatic rings. The molecule has 1 fully saturated rings. The number of hydrogen-bond acceptors (Lipinski definition) is 4. The van der Waals surface area contributed by atoms with Crippen LogP contribution in [0.2, 0.25) is 0 Å². The Kier molecular flexibility index (Phi) is 3.71. The van der Waals surface area contributed by atoms with E-state index >= 15 is 0 Å². The van der Waals surface area contributed by atoms with Gasteiger partial charge in [0, 0.05) is 19.3 Å². The summed E-state index contributed by atoms with van der Waals surface area (Å²) in [6.45, 7) is -0.331. The van der Waals surface area contributed by atoms with E-state index in [1.807, 2.05) is 0 Å². The summed E-state index contributed by atoms with van der Waals surface area (Å²) in [6.07, 6.45) is -1.75. The Balaban J connectivity index is 2.09. The molecule has 1 N–H and O–H groups in total. The van der Waals surface area contributed by atoms with Gasteiger partial charge in [0.2, 0.25) is 0 Å². The quantitative estimate of drug-likeness (QED) is 0.856. The Morgan fingerprint density at radius 3 is 2.94 bits per heavy atom. The van der Waals surface area contributed by atoms with Crippen molar-refractivity contribution in [3.63, 3.8) is 0 Å². The maximum Gasteiger partial charge on any atom is 0.276 e. The fraction of sp³-hybridized carbons (Fsp3) is 0.455. The number of aliphatic hydroxyl groups excluding tert-OH is 1. The molecule has 0 aliphatic carbocycles. The second kappa shape index (κ2) is 5.26. The Labute approximate surface area is 102 Å². The SMILES string of the molecule is O=C(c1ncccc1OCC(F)F)N1CC(O)C1. The van der Waals surface area contributed by atoms with Gasteiger partial charge in [-0.1, -0.05) is 0 Å². The van der Waals surface area contributed by atoms with Crippen molar-refractivity contribution in [3.8, 4) is 5.75 Å². The number of ether oxygens (including phenoxy) is 1. The minimum atomic E-state index is -2.61. The van der Waals surface area contributed by atoms with E-state index in [4.69, 9.17) is 9.84 Å². The number of hydrogen-bond donors (Lipinski definition) is 1. The summed E-state index contributed by atoms with van der Waals surface area (Å²) in [6, 6.07) is 2.92. The lowest BCUT2D eigenvalue weighted by molar-refractivity contribution is 0.00501. The lowest BCUT2D eigenvalue weighted by Crippen LogP contribution is -2.53. The van der Waals surface area contributed by atoms with Gasteiger partial charge in [-0.15, -0.1) is 0 Å². The Bertz CT molecular complexity index is 436. The molecule has 98 valence electrons. The molecule has 1 aliphatic heterocycles. The zero-order valence-corrected chi connectivity index (χ0v) is 9.42. The number of alkyl halides is 2. The van der Waals surface area contributed by atoms with Crippen LogP contribution in [0.1, 0.15) is 10.5 Å². The van der Waals surface area contributed by atoms with Crippen molar-refractivity contribution >= 4 is 5.91 Å². The van der Waals surface area contributed by atoms with Crippen LogP contribution in [-0.2, 0) is 0 Å². The van der Waals surface area contributed by atoms with Gasteiger partial charge < -0.3 is 14.7 Å². The highest BCUT2D eigenvalue weighted by Gasteiger charge is 2.31. The van der Waals surface area contributed by atoms with Crippen molar-refractivity contribution < 1.29 is 23.4 Å². The van der Waals surface area contributed by atoms with Crippen molar-refractivity contribution in [2.24, 2.45) is 0 Å². The first-order valence-electron chi connectivity index (χ1n) is 5.41. The maximum atomic E-state index is 12.1. The summed E-state index contributed by atoms with van der Waals surface area (Å²) in [4.78, 5) is 17.1. The normalized spacial score (nSPS) is 15.7. The average molecular weight is 258 g/mol. The molecule has 0 bridgehead atoms. The van der Waals surface area contributed by atoms with Crippen LogP contribution in [0.25, 0.3) is 0 Å². The van der Waals surface area contributed by atoms with E-state index < -0.39 is 25.0 Å². The molecule has 5 nitrogen and oxygen atoms in total. The third-order valence-electron chi connectivity index (χ3n) is 2.49. The van der Waals surface area contributed by atoms with Crippen molar-refractivity contribution in [2.45, 2.75) is 12.5 Å². The van der Waals surface area contributed by atoms with Crippen molar-refractivity contribution in [1.29, 1.82) is 0 Å². The highest BCUT2D eigenvalue weighted by molar-refractivity contribution is 5.95. The van der Waals surface area contributed by atoms with Crippen LogP contribution >= 0.6 is 0 Å². The molecule has 1 aromatic rings. The number of β-amino-alcohol motifs (C(OH)–C–C–N with tert-alkyl or cyclic N) is 1. The molecule has 1 amide bonds. The number of rotatable bonds is 4. The van der Waals surface area contributed by atoms with Crippen LogP contribution in [0.15, 0.2) is 18.3 Å². The van der Waals surface area contributed by atoms with Gasteiger partial charge >= 0.3 is 0 Å². The second-order valence-corrected chi connectivity index (χ2v) is 3.92. The van der Waals surface area contributed by atoms with Gasteiger partial charge in [-0.05, 0) is 12.1 Å². The number of aliphatic hydroxyl groups is 1. The predicted octanol–water partition coefficient (Wildman–Crippen LogP) is 0.542. The van der Waals surface area contributed by atoms with Gasteiger partial charge in [-0.2, -0.15) is 0 Å². The van der Waals surface area contributed by atoms with Crippen LogP contribution in [0.5, 0.6) is 5.75 Å². The fourth-order valence-corrected chi connectivity index (χ4v) is 1.59. The number of amides is 1. The lowest BCUT2D eigenvalue weighted by atomic mass is 10.1. The third kappa shape index (κ3) is 2.73. The van der Waals surface area contributed by atoms with E-state index in [1.165, 1.54) is 23.2 Å². The number of pyridine rings is 1. The van der Waals surface area contributed by atoms with E-state index in [0.717, 1.165) is 0 Å². The molecular weight excluding hydrogens is 246 g/mol. The summed E-state index contributed by atoms with van der Waals surface area (Å²) >= 11 is 0. The zero-order chi connectivity index (χ0) is 13.1. The van der Waals surface area contributed by atoms with Crippen molar-refractivity contribution in [3.05, 3.63) is 24.0 Å². The Hall–Kier alpha value is -1.76. The van der Waals surface area contributed by atoms with Gasteiger partial charge in [0.1, 0.15) is 6.61 Å². The molecule has 7 heteroatoms. The average Bonchev–Trinajstić information content (AvgIpc) is 2.32. The highest BCUT2D eigenvalue weighted by Crippen LogP contribution is 2.20. The zero-order valence-electron chi connectivity index (χ0n) is 9.42. The summed E-state index contributed by atoms with van der Waals surface area (Å²) in [5.41, 5.74) is -0.00921. The molecule has 0 spiro atoms. The first-order chi connectivity index (χ1) is 8.58. The molecule has 2 heterocycles. The lowest BCUT2D eigenvalue weighted by Gasteiger charge is -2.35. The summed E-state index contributed by atoms with van der Waals surface area (Å²) in [7, 11) is 0. The highest BCUT2D eigenvalue weighted by atomic mass is 19.3. The van der Waals surface area contributed by atoms with Gasteiger partial charge in [0.05, 0.1) is 6.10 Å². The van der Waals surface area contributed by atoms with Gasteiger partial charge in [0.25, 0.3) is 12.3 Å². The number of carbonyl (C=O) groups is 1. The molecule has 1 saturated heterocycles. The van der Waals surface area contributed by atoms with E-state index in [0.29, 0.717) is 0 Å². The van der Waals surface area contributed by atoms with Crippen molar-refractivity contribution in [1.82, 2.24) is 9.88 Å². The number of halogens is 2.